The zero-order chi connectivity index (χ0) is 13.9. The van der Waals surface area contributed by atoms with E-state index >= 15 is 0 Å². The lowest BCUT2D eigenvalue weighted by Crippen LogP contribution is -1.83. The van der Waals surface area contributed by atoms with Crippen molar-refractivity contribution in [3.05, 3.63) is 60.2 Å². The van der Waals surface area contributed by atoms with Crippen molar-refractivity contribution in [1.29, 1.82) is 0 Å². The van der Waals surface area contributed by atoms with Gasteiger partial charge in [-0.15, -0.1) is 0 Å². The predicted octanol–water partition coefficient (Wildman–Crippen LogP) is 4.63. The summed E-state index contributed by atoms with van der Waals surface area (Å²) in [5.74, 6) is -1.07. The highest BCUT2D eigenvalue weighted by atomic mass is 32.2. The summed E-state index contributed by atoms with van der Waals surface area (Å²) in [5.41, 5.74) is 0.931. The second-order valence-electron chi connectivity index (χ2n) is 3.93. The van der Waals surface area contributed by atoms with Gasteiger partial charge in [0, 0.05) is 10.5 Å². The smallest absolute Gasteiger partial charge is 0.175 e. The molecule has 1 heterocycles. The average Bonchev–Trinajstić information content (AvgIpc) is 2.92. The topological polar surface area (TPSA) is 25.8 Å². The molecule has 20 heavy (non-hydrogen) atoms. The number of benzene rings is 2. The van der Waals surface area contributed by atoms with Gasteiger partial charge in [-0.3, -0.25) is 0 Å². The van der Waals surface area contributed by atoms with Crippen LogP contribution >= 0.6 is 23.3 Å². The summed E-state index contributed by atoms with van der Waals surface area (Å²) in [6, 6.07) is 13.4. The molecule has 100 valence electrons. The van der Waals surface area contributed by atoms with Gasteiger partial charge in [0.25, 0.3) is 0 Å². The summed E-state index contributed by atoms with van der Waals surface area (Å²) in [4.78, 5) is 4.98. The van der Waals surface area contributed by atoms with Crippen molar-refractivity contribution in [3.8, 4) is 11.4 Å². The minimum atomic E-state index is -0.859. The molecule has 0 amide bonds. The van der Waals surface area contributed by atoms with Crippen LogP contribution in [-0.4, -0.2) is 9.36 Å². The van der Waals surface area contributed by atoms with Crippen LogP contribution in [-0.2, 0) is 0 Å². The van der Waals surface area contributed by atoms with Crippen molar-refractivity contribution < 1.29 is 8.78 Å². The SMILES string of the molecule is Fc1ccc(Sc2nc(-c3ccccc3)ns2)cc1F. The zero-order valence-corrected chi connectivity index (χ0v) is 11.7. The zero-order valence-electron chi connectivity index (χ0n) is 10.1. The predicted molar refractivity (Wildman–Crippen MR) is 75.8 cm³/mol. The van der Waals surface area contributed by atoms with Crippen LogP contribution in [0.2, 0.25) is 0 Å². The first kappa shape index (κ1) is 13.2. The van der Waals surface area contributed by atoms with Crippen LogP contribution in [0.5, 0.6) is 0 Å². The molecule has 0 saturated carbocycles. The molecule has 0 radical (unpaired) electrons. The van der Waals surface area contributed by atoms with Crippen LogP contribution in [0.25, 0.3) is 11.4 Å². The van der Waals surface area contributed by atoms with Crippen LogP contribution in [0.15, 0.2) is 57.8 Å². The lowest BCUT2D eigenvalue weighted by molar-refractivity contribution is 0.506. The number of halogens is 2. The van der Waals surface area contributed by atoms with Gasteiger partial charge in [-0.2, -0.15) is 4.37 Å². The number of hydrogen-bond acceptors (Lipinski definition) is 4. The summed E-state index contributed by atoms with van der Waals surface area (Å²) in [5, 5.41) is 0. The molecule has 0 aliphatic carbocycles. The van der Waals surface area contributed by atoms with Crippen molar-refractivity contribution in [1.82, 2.24) is 9.36 Å². The van der Waals surface area contributed by atoms with Crippen molar-refractivity contribution in [2.45, 2.75) is 9.24 Å². The largest absolute Gasteiger partial charge is 0.208 e. The van der Waals surface area contributed by atoms with Gasteiger partial charge in [-0.05, 0) is 29.7 Å². The van der Waals surface area contributed by atoms with Gasteiger partial charge in [0.05, 0.1) is 0 Å². The molecule has 0 N–H and O–H groups in total. The first-order valence-corrected chi connectivity index (χ1v) is 7.33. The number of hydrogen-bond donors (Lipinski definition) is 0. The van der Waals surface area contributed by atoms with E-state index in [1.807, 2.05) is 30.3 Å². The van der Waals surface area contributed by atoms with E-state index in [1.165, 1.54) is 29.4 Å². The fraction of sp³-hybridized carbons (Fsp3) is 0. The molecule has 0 unspecified atom stereocenters. The number of nitrogens with zero attached hydrogens (tertiary/aromatic N) is 2. The average molecular weight is 306 g/mol. The molecule has 2 nitrogen and oxygen atoms in total. The molecule has 0 aliphatic rings. The fourth-order valence-electron chi connectivity index (χ4n) is 1.60. The van der Waals surface area contributed by atoms with E-state index in [1.54, 1.807) is 0 Å². The number of rotatable bonds is 3. The Kier molecular flexibility index (Phi) is 3.75. The van der Waals surface area contributed by atoms with E-state index in [4.69, 9.17) is 0 Å². The van der Waals surface area contributed by atoms with Crippen molar-refractivity contribution in [2.75, 3.05) is 0 Å². The van der Waals surface area contributed by atoms with Gasteiger partial charge in [-0.1, -0.05) is 42.1 Å². The molecule has 0 saturated heterocycles. The third-order valence-corrected chi connectivity index (χ3v) is 4.28. The maximum atomic E-state index is 13.1. The first-order chi connectivity index (χ1) is 9.72. The molecule has 1 aromatic heterocycles. The second-order valence-corrected chi connectivity index (χ2v) is 6.00. The van der Waals surface area contributed by atoms with Gasteiger partial charge in [0.2, 0.25) is 0 Å². The minimum Gasteiger partial charge on any atom is -0.208 e. The fourth-order valence-corrected chi connectivity index (χ4v) is 3.22. The Morgan fingerprint density at radius 3 is 2.50 bits per heavy atom. The molecule has 3 aromatic rings. The first-order valence-electron chi connectivity index (χ1n) is 5.74. The molecular weight excluding hydrogens is 298 g/mol. The Morgan fingerprint density at radius 2 is 1.75 bits per heavy atom. The standard InChI is InChI=1S/C14H8F2N2S2/c15-11-7-6-10(8-12(11)16)19-14-17-13(18-20-14)9-4-2-1-3-5-9/h1-8H. The summed E-state index contributed by atoms with van der Waals surface area (Å²) in [6.45, 7) is 0. The van der Waals surface area contributed by atoms with E-state index in [2.05, 4.69) is 9.36 Å². The Balaban J connectivity index is 1.82. The van der Waals surface area contributed by atoms with E-state index in [0.717, 1.165) is 17.7 Å². The van der Waals surface area contributed by atoms with Gasteiger partial charge < -0.3 is 0 Å². The van der Waals surface area contributed by atoms with E-state index in [9.17, 15) is 8.78 Å². The summed E-state index contributed by atoms with van der Waals surface area (Å²) in [6.07, 6.45) is 0. The minimum absolute atomic E-state index is 0.597. The Hall–Kier alpha value is -1.79. The summed E-state index contributed by atoms with van der Waals surface area (Å²) in [7, 11) is 0. The quantitative estimate of drug-likeness (QED) is 0.705. The Labute approximate surface area is 122 Å². The van der Waals surface area contributed by atoms with Crippen LogP contribution in [0.3, 0.4) is 0 Å². The highest BCUT2D eigenvalue weighted by Gasteiger charge is 2.09. The molecule has 0 fully saturated rings. The van der Waals surface area contributed by atoms with Crippen LogP contribution in [0.1, 0.15) is 0 Å². The Bertz CT molecular complexity index is 729. The lowest BCUT2D eigenvalue weighted by atomic mass is 10.2. The van der Waals surface area contributed by atoms with Crippen molar-refractivity contribution in [3.63, 3.8) is 0 Å². The highest BCUT2D eigenvalue weighted by molar-refractivity contribution is 8.01. The monoisotopic (exact) mass is 306 g/mol. The summed E-state index contributed by atoms with van der Waals surface area (Å²) < 4.78 is 30.9. The molecule has 0 atom stereocenters. The molecule has 2 aromatic carbocycles. The van der Waals surface area contributed by atoms with Gasteiger partial charge in [-0.25, -0.2) is 13.8 Å². The van der Waals surface area contributed by atoms with Gasteiger partial charge >= 0.3 is 0 Å². The Morgan fingerprint density at radius 1 is 0.950 bits per heavy atom. The van der Waals surface area contributed by atoms with Gasteiger partial charge in [0.1, 0.15) is 0 Å². The van der Waals surface area contributed by atoms with Crippen molar-refractivity contribution in [2.24, 2.45) is 0 Å². The highest BCUT2D eigenvalue weighted by Crippen LogP contribution is 2.31. The third kappa shape index (κ3) is 2.86. The van der Waals surface area contributed by atoms with Crippen molar-refractivity contribution >= 4 is 23.3 Å². The maximum absolute atomic E-state index is 13.1. The van der Waals surface area contributed by atoms with Crippen LogP contribution < -0.4 is 0 Å². The summed E-state index contributed by atoms with van der Waals surface area (Å²) >= 11 is 2.50. The van der Waals surface area contributed by atoms with Crippen LogP contribution in [0, 0.1) is 11.6 Å². The second kappa shape index (κ2) is 5.68. The molecule has 6 heteroatoms. The van der Waals surface area contributed by atoms with E-state index in [-0.39, 0.29) is 0 Å². The molecule has 0 spiro atoms. The third-order valence-electron chi connectivity index (χ3n) is 2.54. The maximum Gasteiger partial charge on any atom is 0.175 e. The molecule has 0 bridgehead atoms. The molecule has 3 rings (SSSR count). The molecular formula is C14H8F2N2S2. The van der Waals surface area contributed by atoms with E-state index < -0.39 is 11.6 Å². The molecule has 0 aliphatic heterocycles. The normalized spacial score (nSPS) is 10.7. The number of aromatic nitrogens is 2. The van der Waals surface area contributed by atoms with E-state index in [0.29, 0.717) is 15.1 Å². The lowest BCUT2D eigenvalue weighted by Gasteiger charge is -1.98. The van der Waals surface area contributed by atoms with Crippen LogP contribution in [0.4, 0.5) is 8.78 Å². The van der Waals surface area contributed by atoms with Gasteiger partial charge in [0.15, 0.2) is 21.8 Å².